The fourth-order valence-electron chi connectivity index (χ4n) is 3.61. The van der Waals surface area contributed by atoms with Crippen LogP contribution in [0.2, 0.25) is 0 Å². The van der Waals surface area contributed by atoms with E-state index in [4.69, 9.17) is 0 Å². The summed E-state index contributed by atoms with van der Waals surface area (Å²) in [6.45, 7) is 1.68. The molecule has 126 valence electrons. The molecule has 0 radical (unpaired) electrons. The van der Waals surface area contributed by atoms with E-state index in [0.717, 1.165) is 18.5 Å². The summed E-state index contributed by atoms with van der Waals surface area (Å²) in [6, 6.07) is 6.88. The average molecular weight is 320 g/mol. The highest BCUT2D eigenvalue weighted by molar-refractivity contribution is 5.78. The zero-order valence-corrected chi connectivity index (χ0v) is 13.6. The van der Waals surface area contributed by atoms with Gasteiger partial charge < -0.3 is 10.0 Å². The summed E-state index contributed by atoms with van der Waals surface area (Å²) in [5.41, 5.74) is 1.10. The maximum absolute atomic E-state index is 13.2. The Morgan fingerprint density at radius 1 is 1.35 bits per heavy atom. The van der Waals surface area contributed by atoms with Crippen LogP contribution in [0.5, 0.6) is 0 Å². The van der Waals surface area contributed by atoms with Gasteiger partial charge >= 0.3 is 0 Å². The molecule has 2 aliphatic rings. The van der Waals surface area contributed by atoms with Crippen LogP contribution < -0.4 is 0 Å². The summed E-state index contributed by atoms with van der Waals surface area (Å²) in [6.07, 6.45) is 3.29. The lowest BCUT2D eigenvalue weighted by Crippen LogP contribution is -2.41. The summed E-state index contributed by atoms with van der Waals surface area (Å²) in [5, 5.41) is 10.3. The number of nitrogens with zero attached hydrogens (tertiary/aromatic N) is 2. The lowest BCUT2D eigenvalue weighted by atomic mass is 10.0. The molecule has 2 fully saturated rings. The molecule has 23 heavy (non-hydrogen) atoms. The number of rotatable bonds is 7. The molecule has 3 rings (SSSR count). The molecule has 2 atom stereocenters. The number of hydrogen-bond donors (Lipinski definition) is 1. The van der Waals surface area contributed by atoms with Gasteiger partial charge in [-0.25, -0.2) is 4.39 Å². The highest BCUT2D eigenvalue weighted by atomic mass is 19.1. The highest BCUT2D eigenvalue weighted by Gasteiger charge is 2.35. The molecule has 4 nitrogen and oxygen atoms in total. The summed E-state index contributed by atoms with van der Waals surface area (Å²) < 4.78 is 13.2. The average Bonchev–Trinajstić information content (AvgIpc) is 3.25. The first kappa shape index (κ1) is 16.4. The molecular formula is C18H25FN2O2. The van der Waals surface area contributed by atoms with E-state index in [2.05, 4.69) is 4.90 Å². The van der Waals surface area contributed by atoms with Crippen molar-refractivity contribution >= 4 is 5.91 Å². The molecule has 0 spiro atoms. The van der Waals surface area contributed by atoms with Crippen molar-refractivity contribution in [2.45, 2.75) is 37.8 Å². The SMILES string of the molecule is CN(CC(O)CN1CCCC1=O)C(c1ccc(F)cc1)C1CC1. The fraction of sp³-hybridized carbons (Fsp3) is 0.611. The number of amides is 1. The Balaban J connectivity index is 1.61. The van der Waals surface area contributed by atoms with E-state index < -0.39 is 6.10 Å². The fourth-order valence-corrected chi connectivity index (χ4v) is 3.61. The van der Waals surface area contributed by atoms with Crippen LogP contribution in [0.25, 0.3) is 0 Å². The number of hydrogen-bond acceptors (Lipinski definition) is 3. The molecule has 1 saturated carbocycles. The van der Waals surface area contributed by atoms with Gasteiger partial charge in [-0.05, 0) is 49.9 Å². The maximum Gasteiger partial charge on any atom is 0.222 e. The minimum atomic E-state index is -0.552. The summed E-state index contributed by atoms with van der Waals surface area (Å²) in [5.74, 6) is 0.494. The van der Waals surface area contributed by atoms with Crippen LogP contribution in [-0.4, -0.2) is 53.6 Å². The minimum Gasteiger partial charge on any atom is -0.390 e. The van der Waals surface area contributed by atoms with Gasteiger partial charge in [-0.2, -0.15) is 0 Å². The molecule has 1 aromatic carbocycles. The first-order valence-electron chi connectivity index (χ1n) is 8.46. The smallest absolute Gasteiger partial charge is 0.222 e. The van der Waals surface area contributed by atoms with Gasteiger partial charge in [-0.15, -0.1) is 0 Å². The van der Waals surface area contributed by atoms with Crippen molar-refractivity contribution in [3.63, 3.8) is 0 Å². The standard InChI is InChI=1S/C18H25FN2O2/c1-20(11-16(22)12-21-10-2-3-17(21)23)18(13-4-5-13)14-6-8-15(19)9-7-14/h6-9,13,16,18,22H,2-5,10-12H2,1H3. The van der Waals surface area contributed by atoms with Gasteiger partial charge in [0.05, 0.1) is 6.10 Å². The summed E-state index contributed by atoms with van der Waals surface area (Å²) in [4.78, 5) is 15.6. The molecule has 1 N–H and O–H groups in total. The van der Waals surface area contributed by atoms with E-state index in [0.29, 0.717) is 25.4 Å². The van der Waals surface area contributed by atoms with E-state index in [1.165, 1.54) is 25.0 Å². The second-order valence-corrected chi connectivity index (χ2v) is 6.87. The second kappa shape index (κ2) is 6.97. The molecule has 1 aliphatic heterocycles. The number of carbonyl (C=O) groups is 1. The number of likely N-dealkylation sites (N-methyl/N-ethyl adjacent to an activating group) is 1. The van der Waals surface area contributed by atoms with Gasteiger partial charge in [0.25, 0.3) is 0 Å². The van der Waals surface area contributed by atoms with E-state index in [9.17, 15) is 14.3 Å². The molecule has 2 unspecified atom stereocenters. The zero-order valence-electron chi connectivity index (χ0n) is 13.6. The number of benzene rings is 1. The van der Waals surface area contributed by atoms with Crippen LogP contribution in [0.4, 0.5) is 4.39 Å². The molecular weight excluding hydrogens is 295 g/mol. The van der Waals surface area contributed by atoms with Gasteiger partial charge in [0.1, 0.15) is 5.82 Å². The number of β-amino-alcohol motifs (C(OH)–C–C–N with tert-alkyl or cyclic N) is 1. The molecule has 5 heteroatoms. The zero-order chi connectivity index (χ0) is 16.4. The highest BCUT2D eigenvalue weighted by Crippen LogP contribution is 2.44. The Kier molecular flexibility index (Phi) is 4.97. The maximum atomic E-state index is 13.2. The molecule has 1 amide bonds. The Bertz CT molecular complexity index is 544. The monoisotopic (exact) mass is 320 g/mol. The van der Waals surface area contributed by atoms with E-state index in [1.807, 2.05) is 19.2 Å². The molecule has 1 aliphatic carbocycles. The summed E-state index contributed by atoms with van der Waals surface area (Å²) >= 11 is 0. The van der Waals surface area contributed by atoms with Crippen LogP contribution in [-0.2, 0) is 4.79 Å². The van der Waals surface area contributed by atoms with E-state index in [-0.39, 0.29) is 17.8 Å². The number of aliphatic hydroxyl groups excluding tert-OH is 1. The van der Waals surface area contributed by atoms with Crippen LogP contribution in [0.1, 0.15) is 37.3 Å². The lowest BCUT2D eigenvalue weighted by molar-refractivity contribution is -0.129. The Morgan fingerprint density at radius 2 is 2.04 bits per heavy atom. The topological polar surface area (TPSA) is 43.8 Å². The predicted molar refractivity (Wildman–Crippen MR) is 86.3 cm³/mol. The number of halogens is 1. The molecule has 0 bridgehead atoms. The van der Waals surface area contributed by atoms with Crippen LogP contribution >= 0.6 is 0 Å². The normalized spacial score (nSPS) is 21.0. The van der Waals surface area contributed by atoms with Crippen molar-refractivity contribution in [1.29, 1.82) is 0 Å². The Morgan fingerprint density at radius 3 is 2.61 bits per heavy atom. The minimum absolute atomic E-state index is 0.143. The molecule has 0 aromatic heterocycles. The third-order valence-corrected chi connectivity index (χ3v) is 4.86. The first-order valence-corrected chi connectivity index (χ1v) is 8.46. The van der Waals surface area contributed by atoms with Crippen LogP contribution in [0, 0.1) is 11.7 Å². The Hall–Kier alpha value is -1.46. The molecule has 1 heterocycles. The Labute approximate surface area is 136 Å². The second-order valence-electron chi connectivity index (χ2n) is 6.87. The first-order chi connectivity index (χ1) is 11.0. The van der Waals surface area contributed by atoms with Crippen molar-refractivity contribution in [2.24, 2.45) is 5.92 Å². The lowest BCUT2D eigenvalue weighted by Gasteiger charge is -2.31. The van der Waals surface area contributed by atoms with Crippen molar-refractivity contribution in [1.82, 2.24) is 9.80 Å². The third kappa shape index (κ3) is 4.09. The predicted octanol–water partition coefficient (Wildman–Crippen LogP) is 2.19. The third-order valence-electron chi connectivity index (χ3n) is 4.86. The van der Waals surface area contributed by atoms with E-state index >= 15 is 0 Å². The van der Waals surface area contributed by atoms with Crippen LogP contribution in [0.15, 0.2) is 24.3 Å². The van der Waals surface area contributed by atoms with Gasteiger partial charge in [0.2, 0.25) is 5.91 Å². The van der Waals surface area contributed by atoms with Gasteiger partial charge in [0.15, 0.2) is 0 Å². The van der Waals surface area contributed by atoms with Gasteiger partial charge in [0, 0.05) is 32.1 Å². The quantitative estimate of drug-likeness (QED) is 0.837. The van der Waals surface area contributed by atoms with Crippen molar-refractivity contribution in [3.05, 3.63) is 35.6 Å². The number of likely N-dealkylation sites (tertiary alicyclic amines) is 1. The van der Waals surface area contributed by atoms with Crippen LogP contribution in [0.3, 0.4) is 0 Å². The van der Waals surface area contributed by atoms with Crippen molar-refractivity contribution < 1.29 is 14.3 Å². The van der Waals surface area contributed by atoms with Gasteiger partial charge in [-0.1, -0.05) is 12.1 Å². The summed E-state index contributed by atoms with van der Waals surface area (Å²) in [7, 11) is 2.00. The largest absolute Gasteiger partial charge is 0.390 e. The number of aliphatic hydroxyl groups is 1. The molecule has 1 saturated heterocycles. The van der Waals surface area contributed by atoms with E-state index in [1.54, 1.807) is 4.90 Å². The molecule has 1 aromatic rings. The number of carbonyl (C=O) groups excluding carboxylic acids is 1. The van der Waals surface area contributed by atoms with Gasteiger partial charge in [-0.3, -0.25) is 9.69 Å². The van der Waals surface area contributed by atoms with Crippen molar-refractivity contribution in [3.8, 4) is 0 Å². The van der Waals surface area contributed by atoms with Crippen molar-refractivity contribution in [2.75, 3.05) is 26.7 Å².